The Bertz CT molecular complexity index is 806. The summed E-state index contributed by atoms with van der Waals surface area (Å²) in [7, 11) is 3.90. The first-order chi connectivity index (χ1) is 10.9. The molecule has 0 atom stereocenters. The van der Waals surface area contributed by atoms with Crippen molar-refractivity contribution in [2.75, 3.05) is 19.0 Å². The third-order valence-electron chi connectivity index (χ3n) is 3.27. The van der Waals surface area contributed by atoms with Gasteiger partial charge in [-0.1, -0.05) is 6.07 Å². The molecule has 2 aromatic rings. The number of nitro groups is 1. The molecule has 2 aromatic carbocycles. The molecular formula is C17H14BrN3O2. The lowest BCUT2D eigenvalue weighted by atomic mass is 10.0. The highest BCUT2D eigenvalue weighted by atomic mass is 79.9. The number of benzene rings is 2. The van der Waals surface area contributed by atoms with Crippen molar-refractivity contribution in [1.82, 2.24) is 0 Å². The molecule has 0 amide bonds. The summed E-state index contributed by atoms with van der Waals surface area (Å²) in [5.41, 5.74) is 3.01. The van der Waals surface area contributed by atoms with Crippen LogP contribution in [0.1, 0.15) is 11.1 Å². The number of nitro benzene ring substituents is 1. The largest absolute Gasteiger partial charge is 0.377 e. The molecule has 2 rings (SSSR count). The van der Waals surface area contributed by atoms with Gasteiger partial charge in [-0.25, -0.2) is 0 Å². The van der Waals surface area contributed by atoms with Crippen molar-refractivity contribution in [1.29, 1.82) is 5.26 Å². The Morgan fingerprint density at radius 3 is 2.39 bits per heavy atom. The monoisotopic (exact) mass is 371 g/mol. The van der Waals surface area contributed by atoms with E-state index in [1.54, 1.807) is 18.2 Å². The predicted molar refractivity (Wildman–Crippen MR) is 95.0 cm³/mol. The number of halogens is 1. The second kappa shape index (κ2) is 7.07. The molecule has 0 bridgehead atoms. The standard InChI is InChI=1S/C17H14BrN3O2/c1-20(2)17-8-3-12(10-16(17)18)9-14(11-19)13-4-6-15(7-5-13)21(22)23/h3-10H,1-2H3. The maximum atomic E-state index is 10.7. The van der Waals surface area contributed by atoms with E-state index in [9.17, 15) is 15.4 Å². The van der Waals surface area contributed by atoms with Crippen LogP contribution in [0, 0.1) is 21.4 Å². The first kappa shape index (κ1) is 16.7. The first-order valence-electron chi connectivity index (χ1n) is 6.76. The molecule has 0 saturated heterocycles. The van der Waals surface area contributed by atoms with Crippen molar-refractivity contribution >= 4 is 39.0 Å². The summed E-state index contributed by atoms with van der Waals surface area (Å²) in [6.07, 6.45) is 1.76. The van der Waals surface area contributed by atoms with E-state index in [1.165, 1.54) is 12.1 Å². The Morgan fingerprint density at radius 1 is 1.26 bits per heavy atom. The van der Waals surface area contributed by atoms with Gasteiger partial charge in [-0.15, -0.1) is 0 Å². The zero-order valence-electron chi connectivity index (χ0n) is 12.7. The lowest BCUT2D eigenvalue weighted by molar-refractivity contribution is -0.384. The molecule has 23 heavy (non-hydrogen) atoms. The van der Waals surface area contributed by atoms with Crippen LogP contribution < -0.4 is 4.90 Å². The average molecular weight is 372 g/mol. The molecule has 0 heterocycles. The van der Waals surface area contributed by atoms with Gasteiger partial charge in [-0.05, 0) is 57.4 Å². The third kappa shape index (κ3) is 3.96. The Morgan fingerprint density at radius 2 is 1.91 bits per heavy atom. The third-order valence-corrected chi connectivity index (χ3v) is 3.91. The Balaban J connectivity index is 2.37. The summed E-state index contributed by atoms with van der Waals surface area (Å²) in [6, 6.07) is 13.9. The number of rotatable bonds is 4. The average Bonchev–Trinajstić information content (AvgIpc) is 2.52. The molecule has 0 aliphatic carbocycles. The minimum Gasteiger partial charge on any atom is -0.377 e. The van der Waals surface area contributed by atoms with Crippen molar-refractivity contribution in [3.8, 4) is 6.07 Å². The maximum absolute atomic E-state index is 10.7. The lowest BCUT2D eigenvalue weighted by Crippen LogP contribution is -2.09. The van der Waals surface area contributed by atoms with E-state index in [4.69, 9.17) is 0 Å². The van der Waals surface area contributed by atoms with Gasteiger partial charge in [0, 0.05) is 30.7 Å². The molecule has 0 aromatic heterocycles. The van der Waals surface area contributed by atoms with Crippen molar-refractivity contribution in [2.24, 2.45) is 0 Å². The number of nitriles is 1. The molecule has 116 valence electrons. The molecule has 5 nitrogen and oxygen atoms in total. The van der Waals surface area contributed by atoms with Gasteiger partial charge in [-0.2, -0.15) is 5.26 Å². The molecule has 6 heteroatoms. The summed E-state index contributed by atoms with van der Waals surface area (Å²) in [5.74, 6) is 0. The topological polar surface area (TPSA) is 70.2 Å². The number of allylic oxidation sites excluding steroid dienone is 1. The highest BCUT2D eigenvalue weighted by Crippen LogP contribution is 2.28. The SMILES string of the molecule is CN(C)c1ccc(C=C(C#N)c2ccc([N+](=O)[O-])cc2)cc1Br. The van der Waals surface area contributed by atoms with Crippen LogP contribution >= 0.6 is 15.9 Å². The minimum atomic E-state index is -0.462. The summed E-state index contributed by atoms with van der Waals surface area (Å²) in [5, 5.41) is 20.0. The van der Waals surface area contributed by atoms with Crippen molar-refractivity contribution in [3.63, 3.8) is 0 Å². The first-order valence-corrected chi connectivity index (χ1v) is 7.55. The van der Waals surface area contributed by atoms with Gasteiger partial charge >= 0.3 is 0 Å². The Kier molecular flexibility index (Phi) is 5.14. The van der Waals surface area contributed by atoms with Gasteiger partial charge in [0.2, 0.25) is 0 Å². The fraction of sp³-hybridized carbons (Fsp3) is 0.118. The van der Waals surface area contributed by atoms with Crippen LogP contribution in [0.3, 0.4) is 0 Å². The summed E-state index contributed by atoms with van der Waals surface area (Å²) < 4.78 is 0.928. The van der Waals surface area contributed by atoms with Gasteiger partial charge in [0.15, 0.2) is 0 Å². The van der Waals surface area contributed by atoms with Crippen LogP contribution in [0.5, 0.6) is 0 Å². The summed E-state index contributed by atoms with van der Waals surface area (Å²) in [6.45, 7) is 0. The van der Waals surface area contributed by atoms with Gasteiger partial charge in [0.1, 0.15) is 0 Å². The normalized spacial score (nSPS) is 11.0. The molecule has 0 aliphatic rings. The quantitative estimate of drug-likeness (QED) is 0.343. The number of nitrogens with zero attached hydrogens (tertiary/aromatic N) is 3. The predicted octanol–water partition coefficient (Wildman–Crippen LogP) is 4.49. The fourth-order valence-corrected chi connectivity index (χ4v) is 2.84. The zero-order chi connectivity index (χ0) is 17.0. The second-order valence-electron chi connectivity index (χ2n) is 5.08. The van der Waals surface area contributed by atoms with Gasteiger partial charge in [0.25, 0.3) is 5.69 Å². The number of hydrogen-bond donors (Lipinski definition) is 0. The number of anilines is 1. The molecule has 0 radical (unpaired) electrons. The second-order valence-corrected chi connectivity index (χ2v) is 5.93. The zero-order valence-corrected chi connectivity index (χ0v) is 14.2. The van der Waals surface area contributed by atoms with Gasteiger partial charge in [-0.3, -0.25) is 10.1 Å². The number of non-ortho nitro benzene ring substituents is 1. The molecular weight excluding hydrogens is 358 g/mol. The highest BCUT2D eigenvalue weighted by molar-refractivity contribution is 9.10. The maximum Gasteiger partial charge on any atom is 0.269 e. The van der Waals surface area contributed by atoms with Crippen molar-refractivity contribution in [3.05, 3.63) is 68.2 Å². The lowest BCUT2D eigenvalue weighted by Gasteiger charge is -2.14. The molecule has 0 saturated carbocycles. The van der Waals surface area contributed by atoms with E-state index < -0.39 is 4.92 Å². The van der Waals surface area contributed by atoms with E-state index in [0.717, 1.165) is 15.7 Å². The molecule has 0 aliphatic heterocycles. The smallest absolute Gasteiger partial charge is 0.269 e. The van der Waals surface area contributed by atoms with E-state index >= 15 is 0 Å². The van der Waals surface area contributed by atoms with Crippen LogP contribution in [0.4, 0.5) is 11.4 Å². The molecule has 0 spiro atoms. The van der Waals surface area contributed by atoms with Gasteiger partial charge in [0.05, 0.1) is 22.3 Å². The van der Waals surface area contributed by atoms with E-state index in [0.29, 0.717) is 11.1 Å². The van der Waals surface area contributed by atoms with E-state index in [2.05, 4.69) is 22.0 Å². The Labute approximate surface area is 142 Å². The number of hydrogen-bond acceptors (Lipinski definition) is 4. The molecule has 0 N–H and O–H groups in total. The minimum absolute atomic E-state index is 0.00381. The van der Waals surface area contributed by atoms with Crippen LogP contribution in [0.2, 0.25) is 0 Å². The van der Waals surface area contributed by atoms with Crippen LogP contribution in [0.25, 0.3) is 11.6 Å². The van der Waals surface area contributed by atoms with E-state index in [-0.39, 0.29) is 5.69 Å². The fourth-order valence-electron chi connectivity index (χ4n) is 2.09. The molecule has 0 unspecified atom stereocenters. The summed E-state index contributed by atoms with van der Waals surface area (Å²) in [4.78, 5) is 12.2. The van der Waals surface area contributed by atoms with Crippen molar-refractivity contribution in [2.45, 2.75) is 0 Å². The summed E-state index contributed by atoms with van der Waals surface area (Å²) >= 11 is 3.51. The van der Waals surface area contributed by atoms with Gasteiger partial charge < -0.3 is 4.90 Å². The van der Waals surface area contributed by atoms with Crippen LogP contribution in [0.15, 0.2) is 46.9 Å². The van der Waals surface area contributed by atoms with E-state index in [1.807, 2.05) is 37.2 Å². The van der Waals surface area contributed by atoms with Crippen LogP contribution in [-0.4, -0.2) is 19.0 Å². The molecule has 0 fully saturated rings. The Hall–Kier alpha value is -2.65. The highest BCUT2D eigenvalue weighted by Gasteiger charge is 2.08. The van der Waals surface area contributed by atoms with Crippen molar-refractivity contribution < 1.29 is 4.92 Å². The van der Waals surface area contributed by atoms with Crippen LogP contribution in [-0.2, 0) is 0 Å².